The van der Waals surface area contributed by atoms with Crippen molar-refractivity contribution >= 4 is 35.8 Å². The predicted molar refractivity (Wildman–Crippen MR) is 135 cm³/mol. The predicted octanol–water partition coefficient (Wildman–Crippen LogP) is 4.75. The summed E-state index contributed by atoms with van der Waals surface area (Å²) < 4.78 is 11.0. The van der Waals surface area contributed by atoms with Crippen LogP contribution in [0.2, 0.25) is 0 Å². The number of carbonyl (C=O) groups excluding carboxylic acids is 2. The number of hydrogen-bond acceptors (Lipinski definition) is 4. The average molecular weight is 461 g/mol. The molecule has 0 saturated heterocycles. The SMILES string of the molecule is C=C(C)[C@H](OC(=O)c1ccccc1P(c1ccccc1)c1ccccc1)[C@@H](C)C(=O)OCC. The number of esters is 2. The van der Waals surface area contributed by atoms with Crippen molar-refractivity contribution in [2.75, 3.05) is 6.61 Å². The Bertz CT molecular complexity index is 1060. The summed E-state index contributed by atoms with van der Waals surface area (Å²) in [4.78, 5) is 25.7. The monoisotopic (exact) mass is 460 g/mol. The second kappa shape index (κ2) is 11.6. The van der Waals surface area contributed by atoms with Gasteiger partial charge in [0.2, 0.25) is 0 Å². The molecule has 170 valence electrons. The highest BCUT2D eigenvalue weighted by Gasteiger charge is 2.31. The first-order valence-electron chi connectivity index (χ1n) is 11.0. The molecule has 0 aliphatic carbocycles. The highest BCUT2D eigenvalue weighted by atomic mass is 31.1. The summed E-state index contributed by atoms with van der Waals surface area (Å²) in [5.74, 6) is -1.54. The number of benzene rings is 3. The third-order valence-electron chi connectivity index (χ3n) is 5.23. The third kappa shape index (κ3) is 5.97. The largest absolute Gasteiger partial charge is 0.466 e. The molecule has 0 saturated carbocycles. The molecule has 0 N–H and O–H groups in total. The highest BCUT2D eigenvalue weighted by molar-refractivity contribution is 7.80. The zero-order valence-corrected chi connectivity index (χ0v) is 20.1. The van der Waals surface area contributed by atoms with Gasteiger partial charge in [-0.05, 0) is 56.2 Å². The molecule has 0 fully saturated rings. The Balaban J connectivity index is 2.01. The standard InChI is InChI=1S/C28H29O4P/c1-5-31-27(29)21(4)26(20(2)3)32-28(30)24-18-12-13-19-25(24)33(22-14-8-6-9-15-22)23-16-10-7-11-17-23/h6-19,21,26H,2,5H2,1,3-4H3/t21-,26+/m1/s1. The Kier molecular flexibility index (Phi) is 8.57. The summed E-state index contributed by atoms with van der Waals surface area (Å²) in [7, 11) is -0.988. The lowest BCUT2D eigenvalue weighted by Crippen LogP contribution is -2.34. The zero-order chi connectivity index (χ0) is 23.8. The van der Waals surface area contributed by atoms with Gasteiger partial charge in [0, 0.05) is 0 Å². The Hall–Kier alpha value is -3.23. The van der Waals surface area contributed by atoms with Gasteiger partial charge < -0.3 is 9.47 Å². The van der Waals surface area contributed by atoms with Gasteiger partial charge in [0.1, 0.15) is 6.10 Å². The van der Waals surface area contributed by atoms with Crippen LogP contribution in [0.3, 0.4) is 0 Å². The van der Waals surface area contributed by atoms with Gasteiger partial charge in [-0.25, -0.2) is 4.79 Å². The quantitative estimate of drug-likeness (QED) is 0.263. The van der Waals surface area contributed by atoms with E-state index in [2.05, 4.69) is 30.8 Å². The smallest absolute Gasteiger partial charge is 0.339 e. The van der Waals surface area contributed by atoms with Gasteiger partial charge in [-0.15, -0.1) is 0 Å². The molecule has 0 bridgehead atoms. The van der Waals surface area contributed by atoms with Crippen LogP contribution in [-0.2, 0) is 14.3 Å². The van der Waals surface area contributed by atoms with Crippen LogP contribution in [0.15, 0.2) is 97.1 Å². The second-order valence-electron chi connectivity index (χ2n) is 7.74. The molecule has 4 nitrogen and oxygen atoms in total. The zero-order valence-electron chi connectivity index (χ0n) is 19.2. The number of hydrogen-bond donors (Lipinski definition) is 0. The maximum Gasteiger partial charge on any atom is 0.339 e. The van der Waals surface area contributed by atoms with Crippen molar-refractivity contribution in [2.24, 2.45) is 5.92 Å². The lowest BCUT2D eigenvalue weighted by atomic mass is 9.99. The van der Waals surface area contributed by atoms with Gasteiger partial charge >= 0.3 is 11.9 Å². The molecule has 33 heavy (non-hydrogen) atoms. The molecule has 3 aromatic carbocycles. The molecule has 5 heteroatoms. The van der Waals surface area contributed by atoms with Crippen LogP contribution in [0.4, 0.5) is 0 Å². The molecular formula is C28H29O4P. The summed E-state index contributed by atoms with van der Waals surface area (Å²) >= 11 is 0. The van der Waals surface area contributed by atoms with Crippen LogP contribution < -0.4 is 15.9 Å². The minimum atomic E-state index is -0.988. The van der Waals surface area contributed by atoms with Crippen LogP contribution in [0.5, 0.6) is 0 Å². The lowest BCUT2D eigenvalue weighted by Gasteiger charge is -2.25. The molecule has 2 atom stereocenters. The van der Waals surface area contributed by atoms with E-state index in [4.69, 9.17) is 9.47 Å². The summed E-state index contributed by atoms with van der Waals surface area (Å²) in [5.41, 5.74) is 1.08. The van der Waals surface area contributed by atoms with E-state index in [-0.39, 0.29) is 6.61 Å². The Morgan fingerprint density at radius 3 is 1.91 bits per heavy atom. The fraction of sp³-hybridized carbons (Fsp3) is 0.214. The summed E-state index contributed by atoms with van der Waals surface area (Å²) in [6.45, 7) is 9.39. The Morgan fingerprint density at radius 2 is 1.39 bits per heavy atom. The first kappa shape index (κ1) is 24.4. The normalized spacial score (nSPS) is 12.6. The Labute approximate surface area is 197 Å². The van der Waals surface area contributed by atoms with Gasteiger partial charge in [-0.1, -0.05) is 85.4 Å². The molecular weight excluding hydrogens is 431 g/mol. The molecule has 0 unspecified atom stereocenters. The molecule has 3 rings (SSSR count). The minimum absolute atomic E-state index is 0.265. The van der Waals surface area contributed by atoms with Crippen molar-refractivity contribution in [3.63, 3.8) is 0 Å². The molecule has 0 aliphatic heterocycles. The average Bonchev–Trinajstić information content (AvgIpc) is 2.84. The van der Waals surface area contributed by atoms with E-state index in [1.54, 1.807) is 26.8 Å². The van der Waals surface area contributed by atoms with Gasteiger partial charge in [0.05, 0.1) is 18.1 Å². The molecule has 0 heterocycles. The molecule has 3 aromatic rings. The molecule has 0 aliphatic rings. The van der Waals surface area contributed by atoms with Crippen LogP contribution in [0.25, 0.3) is 0 Å². The van der Waals surface area contributed by atoms with E-state index >= 15 is 0 Å². The first-order chi connectivity index (χ1) is 15.9. The van der Waals surface area contributed by atoms with Crippen LogP contribution in [0, 0.1) is 5.92 Å². The fourth-order valence-electron chi connectivity index (χ4n) is 3.63. The van der Waals surface area contributed by atoms with Crippen molar-refractivity contribution in [1.82, 2.24) is 0 Å². The van der Waals surface area contributed by atoms with Crippen molar-refractivity contribution in [3.8, 4) is 0 Å². The van der Waals surface area contributed by atoms with E-state index in [1.807, 2.05) is 54.6 Å². The summed E-state index contributed by atoms with van der Waals surface area (Å²) in [6, 6.07) is 27.8. The highest BCUT2D eigenvalue weighted by Crippen LogP contribution is 2.34. The molecule has 0 aromatic heterocycles. The van der Waals surface area contributed by atoms with Crippen molar-refractivity contribution in [3.05, 3.63) is 103 Å². The van der Waals surface area contributed by atoms with E-state index in [9.17, 15) is 9.59 Å². The van der Waals surface area contributed by atoms with Gasteiger partial charge in [-0.3, -0.25) is 4.79 Å². The van der Waals surface area contributed by atoms with E-state index in [0.29, 0.717) is 11.1 Å². The van der Waals surface area contributed by atoms with Crippen molar-refractivity contribution < 1.29 is 19.1 Å². The van der Waals surface area contributed by atoms with E-state index in [0.717, 1.165) is 15.9 Å². The second-order valence-corrected chi connectivity index (χ2v) is 9.92. The molecule has 0 radical (unpaired) electrons. The number of rotatable bonds is 9. The number of ether oxygens (including phenoxy) is 2. The van der Waals surface area contributed by atoms with Gasteiger partial charge in [-0.2, -0.15) is 0 Å². The molecule has 0 spiro atoms. The van der Waals surface area contributed by atoms with Gasteiger partial charge in [0.25, 0.3) is 0 Å². The maximum atomic E-state index is 13.4. The third-order valence-corrected chi connectivity index (χ3v) is 7.73. The topological polar surface area (TPSA) is 52.6 Å². The lowest BCUT2D eigenvalue weighted by molar-refractivity contribution is -0.150. The maximum absolute atomic E-state index is 13.4. The molecule has 0 amide bonds. The number of carbonyl (C=O) groups is 2. The summed E-state index contributed by atoms with van der Waals surface area (Å²) in [5, 5.41) is 3.17. The Morgan fingerprint density at radius 1 is 0.879 bits per heavy atom. The van der Waals surface area contributed by atoms with Crippen molar-refractivity contribution in [2.45, 2.75) is 26.9 Å². The van der Waals surface area contributed by atoms with Crippen molar-refractivity contribution in [1.29, 1.82) is 0 Å². The minimum Gasteiger partial charge on any atom is -0.466 e. The van der Waals surface area contributed by atoms with Crippen LogP contribution in [0.1, 0.15) is 31.1 Å². The fourth-order valence-corrected chi connectivity index (χ4v) is 6.07. The van der Waals surface area contributed by atoms with Crippen LogP contribution >= 0.6 is 7.92 Å². The first-order valence-corrected chi connectivity index (χ1v) is 12.3. The summed E-state index contributed by atoms with van der Waals surface area (Å²) in [6.07, 6.45) is -0.774. The van der Waals surface area contributed by atoms with Gasteiger partial charge in [0.15, 0.2) is 0 Å². The van der Waals surface area contributed by atoms with Crippen LogP contribution in [-0.4, -0.2) is 24.6 Å². The van der Waals surface area contributed by atoms with E-state index in [1.165, 1.54) is 0 Å². The van der Waals surface area contributed by atoms with E-state index < -0.39 is 31.9 Å².